The van der Waals surface area contributed by atoms with E-state index in [2.05, 4.69) is 20.2 Å². The monoisotopic (exact) mass is 324 g/mol. The second-order valence-corrected chi connectivity index (χ2v) is 7.17. The highest BCUT2D eigenvalue weighted by atomic mass is 32.2. The summed E-state index contributed by atoms with van der Waals surface area (Å²) >= 11 is 1.21. The molecule has 1 aromatic heterocycles. The van der Waals surface area contributed by atoms with Gasteiger partial charge in [0.05, 0.1) is 4.90 Å². The molecule has 3 rings (SSSR count). The average molecular weight is 324 g/mol. The van der Waals surface area contributed by atoms with Crippen molar-refractivity contribution in [3.8, 4) is 0 Å². The van der Waals surface area contributed by atoms with E-state index >= 15 is 0 Å². The molecule has 1 amide bonds. The van der Waals surface area contributed by atoms with Crippen LogP contribution in [0.3, 0.4) is 0 Å². The minimum Gasteiger partial charge on any atom is -0.296 e. The maximum Gasteiger partial charge on any atom is 0.257 e. The minimum absolute atomic E-state index is 0.0513. The number of carbonyl (C=O) groups excluding carboxylic acids is 1. The summed E-state index contributed by atoms with van der Waals surface area (Å²) in [5, 5.41) is 10.3. The molecule has 1 aliphatic carbocycles. The Balaban J connectivity index is 1.72. The van der Waals surface area contributed by atoms with E-state index in [0.717, 1.165) is 12.8 Å². The van der Waals surface area contributed by atoms with E-state index in [0.29, 0.717) is 10.7 Å². The number of nitrogens with zero attached hydrogens (tertiary/aromatic N) is 2. The van der Waals surface area contributed by atoms with Crippen LogP contribution >= 0.6 is 11.3 Å². The highest BCUT2D eigenvalue weighted by Gasteiger charge is 2.27. The van der Waals surface area contributed by atoms with Gasteiger partial charge in [-0.3, -0.25) is 10.1 Å². The molecular weight excluding hydrogens is 312 g/mol. The highest BCUT2D eigenvalue weighted by Crippen LogP contribution is 2.22. The first kappa shape index (κ1) is 14.1. The number of hydrogen-bond acceptors (Lipinski definition) is 6. The molecule has 0 aliphatic heterocycles. The lowest BCUT2D eigenvalue weighted by Gasteiger charge is -2.06. The van der Waals surface area contributed by atoms with Gasteiger partial charge in [-0.05, 0) is 37.1 Å². The number of anilines is 1. The zero-order chi connectivity index (χ0) is 14.9. The molecule has 0 atom stereocenters. The van der Waals surface area contributed by atoms with Gasteiger partial charge in [0.1, 0.15) is 5.51 Å². The van der Waals surface area contributed by atoms with E-state index in [-0.39, 0.29) is 16.8 Å². The van der Waals surface area contributed by atoms with Crippen LogP contribution in [0.2, 0.25) is 0 Å². The molecule has 110 valence electrons. The molecule has 2 aromatic rings. The number of aromatic nitrogens is 2. The smallest absolute Gasteiger partial charge is 0.257 e. The molecule has 21 heavy (non-hydrogen) atoms. The second kappa shape index (κ2) is 5.51. The topological polar surface area (TPSA) is 101 Å². The Hall–Kier alpha value is -1.84. The highest BCUT2D eigenvalue weighted by molar-refractivity contribution is 7.89. The predicted octanol–water partition coefficient (Wildman–Crippen LogP) is 1.23. The predicted molar refractivity (Wildman–Crippen MR) is 77.6 cm³/mol. The lowest BCUT2D eigenvalue weighted by molar-refractivity contribution is 0.102. The molecule has 9 heteroatoms. The fourth-order valence-corrected chi connectivity index (χ4v) is 3.42. The maximum atomic E-state index is 12.0. The van der Waals surface area contributed by atoms with Crippen molar-refractivity contribution < 1.29 is 13.2 Å². The van der Waals surface area contributed by atoms with Crippen LogP contribution in [0, 0.1) is 0 Å². The van der Waals surface area contributed by atoms with Gasteiger partial charge >= 0.3 is 0 Å². The van der Waals surface area contributed by atoms with Crippen LogP contribution in [0.1, 0.15) is 23.2 Å². The van der Waals surface area contributed by atoms with Gasteiger partial charge < -0.3 is 0 Å². The Morgan fingerprint density at radius 1 is 1.24 bits per heavy atom. The molecule has 1 heterocycles. The standard InChI is InChI=1S/C12H12N4O3S2/c17-11(14-12-15-13-7-20-12)8-1-5-10(6-2-8)21(18,19)16-9-3-4-9/h1-2,5-7,9,16H,3-4H2,(H,14,15,17). The summed E-state index contributed by atoms with van der Waals surface area (Å²) in [5.74, 6) is -0.356. The van der Waals surface area contributed by atoms with Crippen LogP contribution < -0.4 is 10.0 Å². The van der Waals surface area contributed by atoms with Gasteiger partial charge in [0.2, 0.25) is 15.2 Å². The molecule has 1 aliphatic rings. The van der Waals surface area contributed by atoms with Gasteiger partial charge in [0.25, 0.3) is 5.91 Å². The summed E-state index contributed by atoms with van der Waals surface area (Å²) < 4.78 is 26.6. The van der Waals surface area contributed by atoms with Crippen molar-refractivity contribution in [3.05, 3.63) is 35.3 Å². The van der Waals surface area contributed by atoms with Crippen molar-refractivity contribution in [1.29, 1.82) is 0 Å². The summed E-state index contributed by atoms with van der Waals surface area (Å²) in [7, 11) is -3.49. The second-order valence-electron chi connectivity index (χ2n) is 4.62. The Morgan fingerprint density at radius 3 is 2.52 bits per heavy atom. The molecule has 7 nitrogen and oxygen atoms in total. The van der Waals surface area contributed by atoms with E-state index < -0.39 is 10.0 Å². The van der Waals surface area contributed by atoms with Crippen LogP contribution in [0.4, 0.5) is 5.13 Å². The number of rotatable bonds is 5. The summed E-state index contributed by atoms with van der Waals surface area (Å²) in [6.07, 6.45) is 1.75. The number of benzene rings is 1. The fraction of sp³-hybridized carbons (Fsp3) is 0.250. The molecule has 0 unspecified atom stereocenters. The summed E-state index contributed by atoms with van der Waals surface area (Å²) in [5.41, 5.74) is 1.87. The van der Waals surface area contributed by atoms with Gasteiger partial charge in [0.15, 0.2) is 0 Å². The maximum absolute atomic E-state index is 12.0. The zero-order valence-corrected chi connectivity index (χ0v) is 12.4. The minimum atomic E-state index is -3.49. The van der Waals surface area contributed by atoms with Gasteiger partial charge in [-0.25, -0.2) is 13.1 Å². The number of hydrogen-bond donors (Lipinski definition) is 2. The van der Waals surface area contributed by atoms with Crippen molar-refractivity contribution in [2.75, 3.05) is 5.32 Å². The van der Waals surface area contributed by atoms with E-state index in [1.54, 1.807) is 0 Å². The van der Waals surface area contributed by atoms with Crippen molar-refractivity contribution in [2.45, 2.75) is 23.8 Å². The first-order valence-corrected chi connectivity index (χ1v) is 8.61. The Bertz CT molecular complexity index is 737. The third kappa shape index (κ3) is 3.43. The molecule has 0 saturated heterocycles. The Morgan fingerprint density at radius 2 is 1.95 bits per heavy atom. The molecule has 1 fully saturated rings. The number of sulfonamides is 1. The van der Waals surface area contributed by atoms with Crippen molar-refractivity contribution in [1.82, 2.24) is 14.9 Å². The number of carbonyl (C=O) groups is 1. The fourth-order valence-electron chi connectivity index (χ4n) is 1.67. The molecular formula is C12H12N4O3S2. The Labute approximate surface area is 125 Å². The normalized spacial score (nSPS) is 14.9. The van der Waals surface area contributed by atoms with Crippen molar-refractivity contribution in [3.63, 3.8) is 0 Å². The number of nitrogens with one attached hydrogen (secondary N) is 2. The van der Waals surface area contributed by atoms with Crippen LogP contribution in [-0.2, 0) is 10.0 Å². The lowest BCUT2D eigenvalue weighted by atomic mass is 10.2. The molecule has 0 bridgehead atoms. The SMILES string of the molecule is O=C(Nc1nncs1)c1ccc(S(=O)(=O)NC2CC2)cc1. The van der Waals surface area contributed by atoms with E-state index in [4.69, 9.17) is 0 Å². The molecule has 0 radical (unpaired) electrons. The quantitative estimate of drug-likeness (QED) is 0.861. The van der Waals surface area contributed by atoms with Gasteiger partial charge in [0, 0.05) is 11.6 Å². The zero-order valence-electron chi connectivity index (χ0n) is 10.8. The van der Waals surface area contributed by atoms with Gasteiger partial charge in [-0.15, -0.1) is 10.2 Å². The third-order valence-corrected chi connectivity index (χ3v) is 5.05. The Kier molecular flexibility index (Phi) is 3.70. The largest absolute Gasteiger partial charge is 0.296 e. The summed E-state index contributed by atoms with van der Waals surface area (Å²) in [6.45, 7) is 0. The lowest BCUT2D eigenvalue weighted by Crippen LogP contribution is -2.25. The molecule has 2 N–H and O–H groups in total. The van der Waals surface area contributed by atoms with Gasteiger partial charge in [-0.1, -0.05) is 11.3 Å². The molecule has 1 aromatic carbocycles. The van der Waals surface area contributed by atoms with Crippen LogP contribution in [0.15, 0.2) is 34.7 Å². The summed E-state index contributed by atoms with van der Waals surface area (Å²) in [4.78, 5) is 12.1. The van der Waals surface area contributed by atoms with Crippen molar-refractivity contribution in [2.24, 2.45) is 0 Å². The first-order valence-electron chi connectivity index (χ1n) is 6.24. The van der Waals surface area contributed by atoms with Crippen LogP contribution in [0.25, 0.3) is 0 Å². The number of amides is 1. The average Bonchev–Trinajstić information content (AvgIpc) is 3.11. The van der Waals surface area contributed by atoms with Crippen LogP contribution in [0.5, 0.6) is 0 Å². The first-order chi connectivity index (χ1) is 10.0. The van der Waals surface area contributed by atoms with E-state index in [1.807, 2.05) is 0 Å². The molecule has 1 saturated carbocycles. The summed E-state index contributed by atoms with van der Waals surface area (Å²) in [6, 6.07) is 5.82. The van der Waals surface area contributed by atoms with E-state index in [1.165, 1.54) is 41.1 Å². The molecule has 0 spiro atoms. The van der Waals surface area contributed by atoms with E-state index in [9.17, 15) is 13.2 Å². The van der Waals surface area contributed by atoms with Crippen LogP contribution in [-0.4, -0.2) is 30.6 Å². The third-order valence-electron chi connectivity index (χ3n) is 2.91. The van der Waals surface area contributed by atoms with Gasteiger partial charge in [-0.2, -0.15) is 0 Å². The van der Waals surface area contributed by atoms with Crippen molar-refractivity contribution >= 4 is 32.4 Å².